The second kappa shape index (κ2) is 5.36. The summed E-state index contributed by atoms with van der Waals surface area (Å²) in [6, 6.07) is 8.47. The van der Waals surface area contributed by atoms with Crippen molar-refractivity contribution in [2.75, 3.05) is 0 Å². The molecule has 1 aliphatic rings. The highest BCUT2D eigenvalue weighted by molar-refractivity contribution is 9.10. The van der Waals surface area contributed by atoms with Crippen molar-refractivity contribution < 1.29 is 0 Å². The Kier molecular flexibility index (Phi) is 4.10. The molecule has 1 aromatic carbocycles. The molecule has 0 aliphatic heterocycles. The van der Waals surface area contributed by atoms with Crippen LogP contribution >= 0.6 is 27.5 Å². The average Bonchev–Trinajstić information content (AvgIpc) is 2.24. The predicted molar refractivity (Wildman–Crippen MR) is 69.4 cm³/mol. The van der Waals surface area contributed by atoms with Crippen LogP contribution in [0.4, 0.5) is 0 Å². The quantitative estimate of drug-likeness (QED) is 0.686. The minimum atomic E-state index is 0.380. The molecule has 2 heteroatoms. The summed E-state index contributed by atoms with van der Waals surface area (Å²) >= 11 is 9.97. The topological polar surface area (TPSA) is 0 Å². The Labute approximate surface area is 105 Å². The van der Waals surface area contributed by atoms with Crippen molar-refractivity contribution in [3.8, 4) is 0 Å². The third-order valence-electron chi connectivity index (χ3n) is 3.26. The van der Waals surface area contributed by atoms with Crippen LogP contribution in [-0.2, 0) is 6.42 Å². The molecule has 0 heterocycles. The third-order valence-corrected chi connectivity index (χ3v) is 4.60. The van der Waals surface area contributed by atoms with Gasteiger partial charge in [0.25, 0.3) is 0 Å². The van der Waals surface area contributed by atoms with E-state index in [1.165, 1.54) is 35.7 Å². The van der Waals surface area contributed by atoms with Gasteiger partial charge in [-0.05, 0) is 36.8 Å². The van der Waals surface area contributed by atoms with Crippen LogP contribution in [0.2, 0.25) is 0 Å². The Balaban J connectivity index is 2.04. The molecule has 0 amide bonds. The summed E-state index contributed by atoms with van der Waals surface area (Å²) in [5.41, 5.74) is 1.40. The Hall–Kier alpha value is -0.0100. The maximum absolute atomic E-state index is 6.37. The largest absolute Gasteiger partial charge is 0.123 e. The smallest absolute Gasteiger partial charge is 0.0367 e. The van der Waals surface area contributed by atoms with Crippen molar-refractivity contribution in [2.45, 2.75) is 37.5 Å². The molecule has 15 heavy (non-hydrogen) atoms. The van der Waals surface area contributed by atoms with Crippen molar-refractivity contribution in [3.05, 3.63) is 34.3 Å². The molecule has 0 nitrogen and oxygen atoms in total. The second-order valence-electron chi connectivity index (χ2n) is 4.36. The van der Waals surface area contributed by atoms with Gasteiger partial charge in [0, 0.05) is 9.85 Å². The summed E-state index contributed by atoms with van der Waals surface area (Å²) in [5, 5.41) is 0.380. The van der Waals surface area contributed by atoms with E-state index in [-0.39, 0.29) is 0 Å². The van der Waals surface area contributed by atoms with Crippen LogP contribution in [-0.4, -0.2) is 5.38 Å². The summed E-state index contributed by atoms with van der Waals surface area (Å²) in [6.45, 7) is 0. The van der Waals surface area contributed by atoms with Crippen LogP contribution in [0.1, 0.15) is 31.2 Å². The Morgan fingerprint density at radius 2 is 1.93 bits per heavy atom. The number of hydrogen-bond donors (Lipinski definition) is 0. The normalized spacial score (nSPS) is 26.5. The van der Waals surface area contributed by atoms with E-state index in [0.29, 0.717) is 11.3 Å². The molecule has 0 N–H and O–H groups in total. The number of rotatable bonds is 2. The highest BCUT2D eigenvalue weighted by atomic mass is 79.9. The fourth-order valence-electron chi connectivity index (χ4n) is 2.34. The molecule has 1 aromatic rings. The number of halogens is 2. The summed E-state index contributed by atoms with van der Waals surface area (Å²) in [6.07, 6.45) is 6.25. The van der Waals surface area contributed by atoms with E-state index in [0.717, 1.165) is 6.42 Å². The van der Waals surface area contributed by atoms with Gasteiger partial charge in [0.15, 0.2) is 0 Å². The summed E-state index contributed by atoms with van der Waals surface area (Å²) in [5.74, 6) is 0.666. The summed E-state index contributed by atoms with van der Waals surface area (Å²) in [7, 11) is 0. The van der Waals surface area contributed by atoms with Crippen LogP contribution in [0.25, 0.3) is 0 Å². The van der Waals surface area contributed by atoms with Crippen LogP contribution < -0.4 is 0 Å². The van der Waals surface area contributed by atoms with Crippen molar-refractivity contribution >= 4 is 27.5 Å². The van der Waals surface area contributed by atoms with Crippen LogP contribution in [0.15, 0.2) is 28.7 Å². The summed E-state index contributed by atoms with van der Waals surface area (Å²) in [4.78, 5) is 0. The average molecular weight is 288 g/mol. The lowest BCUT2D eigenvalue weighted by Crippen LogP contribution is -2.21. The molecule has 2 atom stereocenters. The SMILES string of the molecule is ClC1CCCCC1Cc1ccccc1Br. The van der Waals surface area contributed by atoms with E-state index in [9.17, 15) is 0 Å². The number of hydrogen-bond acceptors (Lipinski definition) is 0. The minimum absolute atomic E-state index is 0.380. The number of alkyl halides is 1. The van der Waals surface area contributed by atoms with Gasteiger partial charge in [-0.25, -0.2) is 0 Å². The first-order chi connectivity index (χ1) is 7.27. The van der Waals surface area contributed by atoms with E-state index in [1.54, 1.807) is 0 Å². The van der Waals surface area contributed by atoms with Crippen molar-refractivity contribution in [2.24, 2.45) is 5.92 Å². The van der Waals surface area contributed by atoms with Crippen molar-refractivity contribution in [3.63, 3.8) is 0 Å². The van der Waals surface area contributed by atoms with Gasteiger partial charge < -0.3 is 0 Å². The molecule has 0 radical (unpaired) electrons. The van der Waals surface area contributed by atoms with Gasteiger partial charge in [-0.1, -0.05) is 47.0 Å². The first kappa shape index (κ1) is 11.5. The minimum Gasteiger partial charge on any atom is -0.123 e. The van der Waals surface area contributed by atoms with Gasteiger partial charge in [-0.2, -0.15) is 0 Å². The van der Waals surface area contributed by atoms with E-state index in [2.05, 4.69) is 40.2 Å². The van der Waals surface area contributed by atoms with Gasteiger partial charge in [-0.15, -0.1) is 11.6 Å². The maximum atomic E-state index is 6.37. The zero-order chi connectivity index (χ0) is 10.7. The van der Waals surface area contributed by atoms with Gasteiger partial charge in [0.1, 0.15) is 0 Å². The van der Waals surface area contributed by atoms with E-state index in [4.69, 9.17) is 11.6 Å². The predicted octanol–water partition coefficient (Wildman–Crippen LogP) is 4.79. The van der Waals surface area contributed by atoms with Crippen molar-refractivity contribution in [1.29, 1.82) is 0 Å². The monoisotopic (exact) mass is 286 g/mol. The highest BCUT2D eigenvalue weighted by Crippen LogP contribution is 2.32. The van der Waals surface area contributed by atoms with E-state index >= 15 is 0 Å². The van der Waals surface area contributed by atoms with E-state index < -0.39 is 0 Å². The highest BCUT2D eigenvalue weighted by Gasteiger charge is 2.23. The van der Waals surface area contributed by atoms with Gasteiger partial charge >= 0.3 is 0 Å². The third kappa shape index (κ3) is 2.98. The zero-order valence-corrected chi connectivity index (χ0v) is 11.1. The molecule has 1 fully saturated rings. The lowest BCUT2D eigenvalue weighted by atomic mass is 9.84. The molecule has 2 rings (SSSR count). The Morgan fingerprint density at radius 1 is 1.20 bits per heavy atom. The number of benzene rings is 1. The zero-order valence-electron chi connectivity index (χ0n) is 8.76. The second-order valence-corrected chi connectivity index (χ2v) is 5.77. The Bertz CT molecular complexity index is 324. The lowest BCUT2D eigenvalue weighted by molar-refractivity contribution is 0.363. The molecule has 0 bridgehead atoms. The van der Waals surface area contributed by atoms with Gasteiger partial charge in [0.2, 0.25) is 0 Å². The van der Waals surface area contributed by atoms with Crippen LogP contribution in [0, 0.1) is 5.92 Å². The molecule has 0 spiro atoms. The Morgan fingerprint density at radius 3 is 2.67 bits per heavy atom. The first-order valence-corrected chi connectivity index (χ1v) is 6.88. The first-order valence-electron chi connectivity index (χ1n) is 5.65. The van der Waals surface area contributed by atoms with E-state index in [1.807, 2.05) is 0 Å². The molecular formula is C13H16BrCl. The van der Waals surface area contributed by atoms with Gasteiger partial charge in [0.05, 0.1) is 0 Å². The molecule has 1 saturated carbocycles. The van der Waals surface area contributed by atoms with Crippen molar-refractivity contribution in [1.82, 2.24) is 0 Å². The maximum Gasteiger partial charge on any atom is 0.0367 e. The van der Waals surface area contributed by atoms with Crippen LogP contribution in [0.5, 0.6) is 0 Å². The fraction of sp³-hybridized carbons (Fsp3) is 0.538. The lowest BCUT2D eigenvalue weighted by Gasteiger charge is -2.27. The molecular weight excluding hydrogens is 271 g/mol. The summed E-state index contributed by atoms with van der Waals surface area (Å²) < 4.78 is 1.22. The molecule has 82 valence electrons. The molecule has 0 aromatic heterocycles. The fourth-order valence-corrected chi connectivity index (χ4v) is 3.15. The molecule has 2 unspecified atom stereocenters. The van der Waals surface area contributed by atoms with Gasteiger partial charge in [-0.3, -0.25) is 0 Å². The standard InChI is InChI=1S/C13H16BrCl/c14-12-7-3-1-5-10(12)9-11-6-2-4-8-13(11)15/h1,3,5,7,11,13H,2,4,6,8-9H2. The molecule has 1 aliphatic carbocycles. The molecule has 0 saturated heterocycles. The van der Waals surface area contributed by atoms with Crippen LogP contribution in [0.3, 0.4) is 0 Å².